The Morgan fingerprint density at radius 3 is 2.64 bits per heavy atom. The van der Waals surface area contributed by atoms with Crippen LogP contribution in [0.2, 0.25) is 0 Å². The summed E-state index contributed by atoms with van der Waals surface area (Å²) in [5, 5.41) is 11.4. The number of benzene rings is 2. The summed E-state index contributed by atoms with van der Waals surface area (Å²) in [5.41, 5.74) is 2.75. The molecule has 0 spiro atoms. The first-order chi connectivity index (χ1) is 13.8. The standard InChI is InChI=1S/C21H23N5O2/c1-27-18-6-8-19(9-7-18)28-13-11-22-21-24-20(14-23-25-21)26-12-10-16-4-2-3-5-17(16)15-26/h2-9,14H,10-13,15H2,1H3,(H,22,24,25). The van der Waals surface area contributed by atoms with Gasteiger partial charge in [0.25, 0.3) is 0 Å². The third-order valence-electron chi connectivity index (χ3n) is 4.71. The third-order valence-corrected chi connectivity index (χ3v) is 4.71. The Labute approximate surface area is 164 Å². The molecule has 1 aliphatic rings. The average molecular weight is 377 g/mol. The fourth-order valence-electron chi connectivity index (χ4n) is 3.22. The van der Waals surface area contributed by atoms with Crippen molar-refractivity contribution >= 4 is 11.8 Å². The van der Waals surface area contributed by atoms with Crippen molar-refractivity contribution < 1.29 is 9.47 Å². The van der Waals surface area contributed by atoms with Gasteiger partial charge in [0.05, 0.1) is 19.9 Å². The van der Waals surface area contributed by atoms with E-state index in [9.17, 15) is 0 Å². The summed E-state index contributed by atoms with van der Waals surface area (Å²) in [7, 11) is 1.64. The van der Waals surface area contributed by atoms with Crippen LogP contribution < -0.4 is 19.7 Å². The normalized spacial score (nSPS) is 13.0. The molecule has 0 saturated carbocycles. The number of methoxy groups -OCH3 is 1. The van der Waals surface area contributed by atoms with Crippen LogP contribution in [0.4, 0.5) is 11.8 Å². The first-order valence-corrected chi connectivity index (χ1v) is 9.34. The summed E-state index contributed by atoms with van der Waals surface area (Å²) in [6.07, 6.45) is 2.73. The highest BCUT2D eigenvalue weighted by molar-refractivity contribution is 5.45. The van der Waals surface area contributed by atoms with Crippen LogP contribution in [0, 0.1) is 0 Å². The van der Waals surface area contributed by atoms with Gasteiger partial charge in [0.1, 0.15) is 18.1 Å². The second-order valence-corrected chi connectivity index (χ2v) is 6.53. The van der Waals surface area contributed by atoms with Gasteiger partial charge >= 0.3 is 0 Å². The van der Waals surface area contributed by atoms with Gasteiger partial charge in [0.2, 0.25) is 5.95 Å². The zero-order valence-corrected chi connectivity index (χ0v) is 15.8. The molecule has 0 aliphatic carbocycles. The number of hydrogen-bond acceptors (Lipinski definition) is 7. The van der Waals surface area contributed by atoms with E-state index in [0.29, 0.717) is 19.1 Å². The van der Waals surface area contributed by atoms with Crippen LogP contribution in [0.25, 0.3) is 0 Å². The molecule has 0 saturated heterocycles. The van der Waals surface area contributed by atoms with Crippen molar-refractivity contribution in [2.24, 2.45) is 0 Å². The fraction of sp³-hybridized carbons (Fsp3) is 0.286. The highest BCUT2D eigenvalue weighted by Crippen LogP contribution is 2.22. The molecule has 0 amide bonds. The molecular formula is C21H23N5O2. The Bertz CT molecular complexity index is 917. The van der Waals surface area contributed by atoms with Gasteiger partial charge in [-0.2, -0.15) is 10.1 Å². The van der Waals surface area contributed by atoms with Crippen molar-refractivity contribution in [2.45, 2.75) is 13.0 Å². The van der Waals surface area contributed by atoms with Gasteiger partial charge in [-0.3, -0.25) is 0 Å². The highest BCUT2D eigenvalue weighted by atomic mass is 16.5. The zero-order valence-electron chi connectivity index (χ0n) is 15.8. The van der Waals surface area contributed by atoms with E-state index in [4.69, 9.17) is 9.47 Å². The van der Waals surface area contributed by atoms with E-state index in [1.54, 1.807) is 13.3 Å². The number of rotatable bonds is 7. The minimum absolute atomic E-state index is 0.497. The number of hydrogen-bond donors (Lipinski definition) is 1. The Kier molecular flexibility index (Phi) is 5.51. The monoisotopic (exact) mass is 377 g/mol. The molecule has 0 atom stereocenters. The summed E-state index contributed by atoms with van der Waals surface area (Å²) < 4.78 is 10.8. The third kappa shape index (κ3) is 4.31. The lowest BCUT2D eigenvalue weighted by molar-refractivity contribution is 0.331. The predicted octanol–water partition coefficient (Wildman–Crippen LogP) is 2.93. The van der Waals surface area contributed by atoms with Crippen LogP contribution in [0.5, 0.6) is 11.5 Å². The maximum Gasteiger partial charge on any atom is 0.244 e. The molecular weight excluding hydrogens is 354 g/mol. The lowest BCUT2D eigenvalue weighted by Crippen LogP contribution is -2.31. The van der Waals surface area contributed by atoms with E-state index in [2.05, 4.69) is 49.7 Å². The van der Waals surface area contributed by atoms with E-state index in [1.165, 1.54) is 11.1 Å². The molecule has 1 aliphatic heterocycles. The van der Waals surface area contributed by atoms with Crippen molar-refractivity contribution in [1.82, 2.24) is 15.2 Å². The van der Waals surface area contributed by atoms with Gasteiger partial charge in [0.15, 0.2) is 5.82 Å². The van der Waals surface area contributed by atoms with Gasteiger partial charge < -0.3 is 19.7 Å². The molecule has 0 unspecified atom stereocenters. The molecule has 0 bridgehead atoms. The van der Waals surface area contributed by atoms with E-state index < -0.39 is 0 Å². The minimum atomic E-state index is 0.497. The molecule has 1 aromatic heterocycles. The molecule has 3 aromatic rings. The van der Waals surface area contributed by atoms with Crippen LogP contribution in [-0.2, 0) is 13.0 Å². The second kappa shape index (κ2) is 8.56. The molecule has 2 aromatic carbocycles. The van der Waals surface area contributed by atoms with Crippen LogP contribution in [0.1, 0.15) is 11.1 Å². The number of fused-ring (bicyclic) bond motifs is 1. The van der Waals surface area contributed by atoms with Gasteiger partial charge in [-0.25, -0.2) is 0 Å². The summed E-state index contributed by atoms with van der Waals surface area (Å²) in [4.78, 5) is 6.84. The Morgan fingerprint density at radius 2 is 1.82 bits per heavy atom. The van der Waals surface area contributed by atoms with E-state index in [1.807, 2.05) is 24.3 Å². The number of nitrogens with zero attached hydrogens (tertiary/aromatic N) is 4. The summed E-state index contributed by atoms with van der Waals surface area (Å²) >= 11 is 0. The molecule has 7 heteroatoms. The SMILES string of the molecule is COc1ccc(OCCNc2nncc(N3CCc4ccccc4C3)n2)cc1. The molecule has 144 valence electrons. The molecule has 2 heterocycles. The molecule has 7 nitrogen and oxygen atoms in total. The van der Waals surface area contributed by atoms with Crippen LogP contribution >= 0.6 is 0 Å². The van der Waals surface area contributed by atoms with Crippen LogP contribution in [-0.4, -0.2) is 42.0 Å². The number of ether oxygens (including phenoxy) is 2. The zero-order chi connectivity index (χ0) is 19.2. The average Bonchev–Trinajstić information content (AvgIpc) is 2.77. The smallest absolute Gasteiger partial charge is 0.244 e. The maximum atomic E-state index is 5.71. The molecule has 28 heavy (non-hydrogen) atoms. The van der Waals surface area contributed by atoms with Crippen molar-refractivity contribution in [2.75, 3.05) is 37.0 Å². The highest BCUT2D eigenvalue weighted by Gasteiger charge is 2.17. The lowest BCUT2D eigenvalue weighted by Gasteiger charge is -2.29. The second-order valence-electron chi connectivity index (χ2n) is 6.53. The quantitative estimate of drug-likeness (QED) is 0.635. The van der Waals surface area contributed by atoms with Gasteiger partial charge in [-0.15, -0.1) is 5.10 Å². The van der Waals surface area contributed by atoms with E-state index in [0.717, 1.165) is 36.8 Å². The largest absolute Gasteiger partial charge is 0.497 e. The topological polar surface area (TPSA) is 72.4 Å². The Balaban J connectivity index is 1.30. The first-order valence-electron chi connectivity index (χ1n) is 9.34. The van der Waals surface area contributed by atoms with Crippen LogP contribution in [0.3, 0.4) is 0 Å². The molecule has 0 radical (unpaired) electrons. The van der Waals surface area contributed by atoms with E-state index >= 15 is 0 Å². The number of nitrogens with one attached hydrogen (secondary N) is 1. The predicted molar refractivity (Wildman–Crippen MR) is 108 cm³/mol. The summed E-state index contributed by atoms with van der Waals surface area (Å²) in [5.74, 6) is 2.95. The molecule has 1 N–H and O–H groups in total. The summed E-state index contributed by atoms with van der Waals surface area (Å²) in [6.45, 7) is 2.85. The maximum absolute atomic E-state index is 5.71. The molecule has 0 fully saturated rings. The number of anilines is 2. The summed E-state index contributed by atoms with van der Waals surface area (Å²) in [6, 6.07) is 16.0. The Morgan fingerprint density at radius 1 is 1.04 bits per heavy atom. The minimum Gasteiger partial charge on any atom is -0.497 e. The van der Waals surface area contributed by atoms with Crippen LogP contribution in [0.15, 0.2) is 54.7 Å². The first kappa shape index (κ1) is 18.0. The van der Waals surface area contributed by atoms with Crippen molar-refractivity contribution in [3.05, 3.63) is 65.9 Å². The van der Waals surface area contributed by atoms with Crippen molar-refractivity contribution in [3.63, 3.8) is 0 Å². The van der Waals surface area contributed by atoms with E-state index in [-0.39, 0.29) is 0 Å². The van der Waals surface area contributed by atoms with Gasteiger partial charge in [-0.05, 0) is 41.8 Å². The van der Waals surface area contributed by atoms with Gasteiger partial charge in [0, 0.05) is 13.1 Å². The molecule has 4 rings (SSSR count). The Hall–Kier alpha value is -3.35. The van der Waals surface area contributed by atoms with Gasteiger partial charge in [-0.1, -0.05) is 24.3 Å². The fourth-order valence-corrected chi connectivity index (χ4v) is 3.22. The van der Waals surface area contributed by atoms with Crippen molar-refractivity contribution in [1.29, 1.82) is 0 Å². The number of aromatic nitrogens is 3. The lowest BCUT2D eigenvalue weighted by atomic mass is 10.0. The van der Waals surface area contributed by atoms with Crippen molar-refractivity contribution in [3.8, 4) is 11.5 Å².